The number of aliphatic carboxylic acids is 1. The SMILES string of the molecule is CC(C)C(=O)c1cc(Cl)nc(C[C@]2(C(=O)O)CCN(C(=O)O)[C@@](C)(C(C)(C)C)C2C(C)(C)C)c1F. The van der Waals surface area contributed by atoms with Crippen LogP contribution in [0.1, 0.15) is 84.8 Å². The number of piperidine rings is 1. The van der Waals surface area contributed by atoms with Crippen molar-refractivity contribution in [3.05, 3.63) is 28.3 Å². The summed E-state index contributed by atoms with van der Waals surface area (Å²) < 4.78 is 15.7. The molecule has 2 heterocycles. The normalized spacial score (nSPS) is 25.6. The number of carbonyl (C=O) groups excluding carboxylic acids is 1. The van der Waals surface area contributed by atoms with Gasteiger partial charge in [-0.25, -0.2) is 14.2 Å². The Morgan fingerprint density at radius 3 is 2.14 bits per heavy atom. The lowest BCUT2D eigenvalue weighted by Crippen LogP contribution is -2.72. The third-order valence-corrected chi connectivity index (χ3v) is 7.96. The second-order valence-corrected chi connectivity index (χ2v) is 12.7. The molecule has 35 heavy (non-hydrogen) atoms. The number of pyridine rings is 1. The van der Waals surface area contributed by atoms with Crippen LogP contribution >= 0.6 is 11.6 Å². The van der Waals surface area contributed by atoms with Crippen molar-refractivity contribution in [3.63, 3.8) is 0 Å². The molecule has 196 valence electrons. The first-order valence-corrected chi connectivity index (χ1v) is 12.2. The van der Waals surface area contributed by atoms with E-state index in [0.29, 0.717) is 0 Å². The van der Waals surface area contributed by atoms with Crippen LogP contribution in [-0.2, 0) is 11.2 Å². The van der Waals surface area contributed by atoms with E-state index in [1.54, 1.807) is 20.8 Å². The number of Topliss-reactive ketones (excluding diaryl/α,β-unsaturated/α-hetero) is 1. The maximum absolute atomic E-state index is 15.7. The van der Waals surface area contributed by atoms with Crippen LogP contribution in [0.3, 0.4) is 0 Å². The van der Waals surface area contributed by atoms with Gasteiger partial charge in [0.1, 0.15) is 5.15 Å². The van der Waals surface area contributed by atoms with E-state index in [-0.39, 0.29) is 35.8 Å². The Hall–Kier alpha value is -2.22. The molecule has 2 rings (SSSR count). The second-order valence-electron chi connectivity index (χ2n) is 12.3. The van der Waals surface area contributed by atoms with Crippen molar-refractivity contribution in [2.24, 2.45) is 28.1 Å². The molecule has 0 aliphatic carbocycles. The molecule has 1 aromatic rings. The lowest BCUT2D eigenvalue weighted by atomic mass is 9.47. The Labute approximate surface area is 212 Å². The molecule has 9 heteroatoms. The van der Waals surface area contributed by atoms with Gasteiger partial charge in [0.25, 0.3) is 0 Å². The summed E-state index contributed by atoms with van der Waals surface area (Å²) in [5, 5.41) is 20.7. The fraction of sp³-hybridized carbons (Fsp3) is 0.692. The van der Waals surface area contributed by atoms with Gasteiger partial charge in [-0.15, -0.1) is 0 Å². The average molecular weight is 513 g/mol. The minimum atomic E-state index is -1.57. The summed E-state index contributed by atoms with van der Waals surface area (Å²) in [5.41, 5.74) is -4.46. The number of likely N-dealkylation sites (tertiary alicyclic amines) is 1. The summed E-state index contributed by atoms with van der Waals surface area (Å²) in [4.78, 5) is 43.6. The highest BCUT2D eigenvalue weighted by Gasteiger charge is 2.66. The monoisotopic (exact) mass is 512 g/mol. The highest BCUT2D eigenvalue weighted by Crippen LogP contribution is 2.60. The van der Waals surface area contributed by atoms with Gasteiger partial charge in [-0.05, 0) is 30.2 Å². The zero-order valence-corrected chi connectivity index (χ0v) is 22.9. The molecule has 1 saturated heterocycles. The number of aromatic nitrogens is 1. The maximum atomic E-state index is 15.7. The standard InChI is InChI=1S/C26H38ClFN2O5/c1-14(2)19(31)15-12-17(27)29-16(18(15)28)13-26(21(32)33)10-11-30(22(34)35)25(9,24(6,7)8)20(26)23(3,4)5/h12,14,20H,10-11,13H2,1-9H3,(H,32,33)(H,34,35)/t20?,25-,26-/m1/s1. The lowest BCUT2D eigenvalue weighted by molar-refractivity contribution is -0.188. The molecule has 1 fully saturated rings. The molecular weight excluding hydrogens is 475 g/mol. The third-order valence-electron chi connectivity index (χ3n) is 7.77. The first-order chi connectivity index (χ1) is 15.7. The number of halogens is 2. The number of amides is 1. The number of carbonyl (C=O) groups is 3. The van der Waals surface area contributed by atoms with Crippen LogP contribution in [0.4, 0.5) is 9.18 Å². The first-order valence-electron chi connectivity index (χ1n) is 11.8. The van der Waals surface area contributed by atoms with Gasteiger partial charge in [0.05, 0.1) is 22.2 Å². The van der Waals surface area contributed by atoms with Gasteiger partial charge >= 0.3 is 12.1 Å². The van der Waals surface area contributed by atoms with E-state index in [1.165, 1.54) is 11.0 Å². The first kappa shape index (κ1) is 29.0. The molecule has 7 nitrogen and oxygen atoms in total. The van der Waals surface area contributed by atoms with E-state index >= 15 is 4.39 Å². The summed E-state index contributed by atoms with van der Waals surface area (Å²) in [6.45, 7) is 16.3. The average Bonchev–Trinajstić information content (AvgIpc) is 2.67. The summed E-state index contributed by atoms with van der Waals surface area (Å²) in [5.74, 6) is -3.72. The predicted molar refractivity (Wildman–Crippen MR) is 132 cm³/mol. The van der Waals surface area contributed by atoms with Crippen LogP contribution in [0.2, 0.25) is 5.15 Å². The van der Waals surface area contributed by atoms with E-state index in [2.05, 4.69) is 4.98 Å². The topological polar surface area (TPSA) is 108 Å². The van der Waals surface area contributed by atoms with Gasteiger partial charge in [0, 0.05) is 24.8 Å². The molecule has 1 amide bonds. The van der Waals surface area contributed by atoms with E-state index in [4.69, 9.17) is 11.6 Å². The van der Waals surface area contributed by atoms with E-state index in [1.807, 2.05) is 41.5 Å². The highest BCUT2D eigenvalue weighted by atomic mass is 35.5. The zero-order valence-electron chi connectivity index (χ0n) is 22.1. The van der Waals surface area contributed by atoms with Crippen molar-refractivity contribution in [3.8, 4) is 0 Å². The predicted octanol–water partition coefficient (Wildman–Crippen LogP) is 6.18. The van der Waals surface area contributed by atoms with Crippen LogP contribution < -0.4 is 0 Å². The quantitative estimate of drug-likeness (QED) is 0.360. The van der Waals surface area contributed by atoms with Gasteiger partial charge in [-0.1, -0.05) is 67.0 Å². The van der Waals surface area contributed by atoms with Crippen LogP contribution in [0.15, 0.2) is 6.07 Å². The third kappa shape index (κ3) is 4.91. The van der Waals surface area contributed by atoms with Crippen LogP contribution in [0.25, 0.3) is 0 Å². The Bertz CT molecular complexity index is 1030. The summed E-state index contributed by atoms with van der Waals surface area (Å²) in [6, 6.07) is 1.17. The number of ketones is 1. The number of nitrogens with zero attached hydrogens (tertiary/aromatic N) is 2. The summed E-state index contributed by atoms with van der Waals surface area (Å²) in [6.07, 6.45) is -1.50. The van der Waals surface area contributed by atoms with Crippen LogP contribution in [0, 0.1) is 33.9 Å². The van der Waals surface area contributed by atoms with Crippen molar-refractivity contribution in [2.45, 2.75) is 80.7 Å². The summed E-state index contributed by atoms with van der Waals surface area (Å²) in [7, 11) is 0. The largest absolute Gasteiger partial charge is 0.481 e. The number of hydrogen-bond acceptors (Lipinski definition) is 4. The van der Waals surface area contributed by atoms with Gasteiger partial charge in [0.15, 0.2) is 11.6 Å². The Morgan fingerprint density at radius 1 is 1.20 bits per heavy atom. The fourth-order valence-corrected chi connectivity index (χ4v) is 6.35. The Kier molecular flexibility index (Phi) is 7.74. The zero-order chi connectivity index (χ0) is 27.3. The molecule has 2 N–H and O–H groups in total. The fourth-order valence-electron chi connectivity index (χ4n) is 6.14. The molecule has 3 atom stereocenters. The molecule has 1 aromatic heterocycles. The second kappa shape index (κ2) is 9.34. The molecule has 1 aliphatic rings. The number of carboxylic acids is 1. The molecule has 0 spiro atoms. The maximum Gasteiger partial charge on any atom is 0.407 e. The van der Waals surface area contributed by atoms with E-state index < -0.39 is 57.3 Å². The van der Waals surface area contributed by atoms with Gasteiger partial charge < -0.3 is 15.1 Å². The minimum absolute atomic E-state index is 0.0384. The van der Waals surface area contributed by atoms with Crippen LogP contribution in [0.5, 0.6) is 0 Å². The molecular formula is C26H38ClFN2O5. The Balaban J connectivity index is 2.87. The van der Waals surface area contributed by atoms with Crippen molar-refractivity contribution >= 4 is 29.4 Å². The number of hydrogen-bond donors (Lipinski definition) is 2. The van der Waals surface area contributed by atoms with Crippen molar-refractivity contribution in [2.75, 3.05) is 6.54 Å². The van der Waals surface area contributed by atoms with Gasteiger partial charge in [-0.2, -0.15) is 0 Å². The van der Waals surface area contributed by atoms with E-state index in [9.17, 15) is 24.6 Å². The van der Waals surface area contributed by atoms with E-state index in [0.717, 1.165) is 0 Å². The van der Waals surface area contributed by atoms with Gasteiger partial charge in [-0.3, -0.25) is 9.59 Å². The number of rotatable bonds is 5. The molecule has 1 aliphatic heterocycles. The number of carboxylic acid groups (broad SMARTS) is 2. The molecule has 1 unspecified atom stereocenters. The van der Waals surface area contributed by atoms with Gasteiger partial charge in [0.2, 0.25) is 0 Å². The van der Waals surface area contributed by atoms with Crippen molar-refractivity contribution in [1.29, 1.82) is 0 Å². The summed E-state index contributed by atoms with van der Waals surface area (Å²) >= 11 is 6.17. The molecule has 0 aromatic carbocycles. The Morgan fingerprint density at radius 2 is 1.74 bits per heavy atom. The smallest absolute Gasteiger partial charge is 0.407 e. The lowest BCUT2D eigenvalue weighted by Gasteiger charge is -2.64. The molecule has 0 bridgehead atoms. The molecule has 0 saturated carbocycles. The molecule has 0 radical (unpaired) electrons. The van der Waals surface area contributed by atoms with Crippen molar-refractivity contribution < 1.29 is 29.0 Å². The van der Waals surface area contributed by atoms with Crippen LogP contribution in [-0.4, -0.2) is 50.0 Å². The van der Waals surface area contributed by atoms with Crippen molar-refractivity contribution in [1.82, 2.24) is 9.88 Å². The minimum Gasteiger partial charge on any atom is -0.481 e. The highest BCUT2D eigenvalue weighted by molar-refractivity contribution is 6.29.